The van der Waals surface area contributed by atoms with Crippen molar-refractivity contribution < 1.29 is 9.59 Å². The molecule has 1 heterocycles. The molecule has 1 aliphatic heterocycles. The molecule has 2 bridgehead atoms. The van der Waals surface area contributed by atoms with Gasteiger partial charge in [0.2, 0.25) is 0 Å². The molecule has 2 aliphatic carbocycles. The average Bonchev–Trinajstić information content (AvgIpc) is 2.87. The Morgan fingerprint density at radius 2 is 1.73 bits per heavy atom. The topological polar surface area (TPSA) is 37.4 Å². The molecule has 15 heavy (non-hydrogen) atoms. The molecule has 0 aromatic rings. The van der Waals surface area contributed by atoms with Crippen molar-refractivity contribution in [2.45, 2.75) is 19.3 Å². The Bertz CT molecular complexity index is 376. The Morgan fingerprint density at radius 1 is 1.20 bits per heavy atom. The molecule has 0 spiro atoms. The van der Waals surface area contributed by atoms with Gasteiger partial charge in [-0.1, -0.05) is 6.08 Å². The summed E-state index contributed by atoms with van der Waals surface area (Å²) < 4.78 is 0. The van der Waals surface area contributed by atoms with Gasteiger partial charge in [-0.05, 0) is 31.1 Å². The van der Waals surface area contributed by atoms with Crippen molar-refractivity contribution in [1.29, 1.82) is 0 Å². The first-order valence-corrected chi connectivity index (χ1v) is 5.45. The molecule has 2 atom stereocenters. The molecular formula is C12H13NO2. The number of imide groups is 1. The quantitative estimate of drug-likeness (QED) is 0.500. The van der Waals surface area contributed by atoms with E-state index >= 15 is 0 Å². The lowest BCUT2D eigenvalue weighted by Gasteiger charge is -2.15. The Morgan fingerprint density at radius 3 is 2.20 bits per heavy atom. The van der Waals surface area contributed by atoms with Crippen molar-refractivity contribution in [3.63, 3.8) is 0 Å². The van der Waals surface area contributed by atoms with E-state index in [1.54, 1.807) is 6.08 Å². The summed E-state index contributed by atoms with van der Waals surface area (Å²) in [5, 5.41) is 0. The van der Waals surface area contributed by atoms with Gasteiger partial charge in [0, 0.05) is 17.7 Å². The Labute approximate surface area is 88.4 Å². The van der Waals surface area contributed by atoms with Crippen LogP contribution >= 0.6 is 0 Å². The highest BCUT2D eigenvalue weighted by atomic mass is 16.2. The van der Waals surface area contributed by atoms with Crippen LogP contribution in [0.2, 0.25) is 0 Å². The molecule has 2 unspecified atom stereocenters. The summed E-state index contributed by atoms with van der Waals surface area (Å²) in [5.74, 6) is 0.636. The van der Waals surface area contributed by atoms with Crippen LogP contribution < -0.4 is 0 Å². The first-order chi connectivity index (χ1) is 7.24. The van der Waals surface area contributed by atoms with Gasteiger partial charge in [0.1, 0.15) is 0 Å². The number of hydrogen-bond donors (Lipinski definition) is 0. The molecule has 0 aromatic heterocycles. The molecule has 1 saturated carbocycles. The van der Waals surface area contributed by atoms with Crippen LogP contribution in [-0.4, -0.2) is 23.3 Å². The predicted octanol–water partition coefficient (Wildman–Crippen LogP) is 1.27. The fourth-order valence-corrected chi connectivity index (χ4v) is 3.20. The number of carbonyl (C=O) groups excluding carboxylic acids is 2. The number of fused-ring (bicyclic) bond motifs is 4. The van der Waals surface area contributed by atoms with Crippen LogP contribution in [0.4, 0.5) is 0 Å². The third kappa shape index (κ3) is 0.954. The lowest BCUT2D eigenvalue weighted by Crippen LogP contribution is -2.33. The molecule has 3 rings (SSSR count). The maximum atomic E-state index is 12.0. The van der Waals surface area contributed by atoms with Crippen molar-refractivity contribution >= 4 is 11.8 Å². The summed E-state index contributed by atoms with van der Waals surface area (Å²) in [6.07, 6.45) is 4.82. The summed E-state index contributed by atoms with van der Waals surface area (Å²) in [7, 11) is 0. The zero-order chi connectivity index (χ0) is 10.6. The number of likely N-dealkylation sites (tertiary alicyclic amines) is 1. The first-order valence-electron chi connectivity index (χ1n) is 5.45. The molecule has 3 nitrogen and oxygen atoms in total. The second-order valence-electron chi connectivity index (χ2n) is 4.54. The lowest BCUT2D eigenvalue weighted by atomic mass is 9.93. The fourth-order valence-electron chi connectivity index (χ4n) is 3.20. The van der Waals surface area contributed by atoms with Gasteiger partial charge in [-0.25, -0.2) is 0 Å². The van der Waals surface area contributed by atoms with Gasteiger partial charge in [0.05, 0.1) is 0 Å². The number of amides is 2. The summed E-state index contributed by atoms with van der Waals surface area (Å²) in [5.41, 5.74) is 1.66. The SMILES string of the molecule is C=CCN1C(=O)C2=C(C1=O)C1CCC2C1. The summed E-state index contributed by atoms with van der Waals surface area (Å²) in [4.78, 5) is 25.3. The van der Waals surface area contributed by atoms with E-state index in [0.29, 0.717) is 18.4 Å². The molecular weight excluding hydrogens is 190 g/mol. The van der Waals surface area contributed by atoms with Crippen molar-refractivity contribution in [1.82, 2.24) is 4.90 Å². The van der Waals surface area contributed by atoms with Gasteiger partial charge >= 0.3 is 0 Å². The van der Waals surface area contributed by atoms with Crippen LogP contribution in [-0.2, 0) is 9.59 Å². The Kier molecular flexibility index (Phi) is 1.67. The van der Waals surface area contributed by atoms with Gasteiger partial charge in [0.15, 0.2) is 0 Å². The predicted molar refractivity (Wildman–Crippen MR) is 54.8 cm³/mol. The molecule has 78 valence electrons. The van der Waals surface area contributed by atoms with Crippen LogP contribution in [0.3, 0.4) is 0 Å². The average molecular weight is 203 g/mol. The lowest BCUT2D eigenvalue weighted by molar-refractivity contribution is -0.137. The van der Waals surface area contributed by atoms with Crippen molar-refractivity contribution in [3.8, 4) is 0 Å². The largest absolute Gasteiger partial charge is 0.271 e. The van der Waals surface area contributed by atoms with Crippen LogP contribution in [0.5, 0.6) is 0 Å². The van der Waals surface area contributed by atoms with E-state index < -0.39 is 0 Å². The number of nitrogens with zero attached hydrogens (tertiary/aromatic N) is 1. The normalized spacial score (nSPS) is 32.9. The summed E-state index contributed by atoms with van der Waals surface area (Å²) in [6.45, 7) is 3.93. The molecule has 0 saturated heterocycles. The van der Waals surface area contributed by atoms with Gasteiger partial charge in [-0.15, -0.1) is 6.58 Å². The standard InChI is InChI=1S/C12H13NO2/c1-2-5-13-11(14)9-7-3-4-8(6-7)10(9)12(13)15/h2,7-8H,1,3-6H2. The number of carbonyl (C=O) groups is 2. The van der Waals surface area contributed by atoms with Crippen molar-refractivity contribution in [2.75, 3.05) is 6.54 Å². The maximum Gasteiger partial charge on any atom is 0.257 e. The van der Waals surface area contributed by atoms with Crippen LogP contribution in [0.15, 0.2) is 23.8 Å². The van der Waals surface area contributed by atoms with E-state index in [2.05, 4.69) is 6.58 Å². The molecule has 2 amide bonds. The summed E-state index contributed by atoms with van der Waals surface area (Å²) >= 11 is 0. The molecule has 0 aromatic carbocycles. The minimum atomic E-state index is -0.0536. The fraction of sp³-hybridized carbons (Fsp3) is 0.500. The first kappa shape index (κ1) is 8.89. The Hall–Kier alpha value is -1.38. The summed E-state index contributed by atoms with van der Waals surface area (Å²) in [6, 6.07) is 0. The second-order valence-corrected chi connectivity index (χ2v) is 4.54. The van der Waals surface area contributed by atoms with E-state index in [1.165, 1.54) is 4.90 Å². The van der Waals surface area contributed by atoms with Gasteiger partial charge < -0.3 is 0 Å². The molecule has 3 heteroatoms. The highest BCUT2D eigenvalue weighted by Gasteiger charge is 2.51. The molecule has 3 aliphatic rings. The van der Waals surface area contributed by atoms with Gasteiger partial charge in [0.25, 0.3) is 11.8 Å². The highest BCUT2D eigenvalue weighted by molar-refractivity contribution is 6.20. The van der Waals surface area contributed by atoms with E-state index in [0.717, 1.165) is 30.4 Å². The van der Waals surface area contributed by atoms with Gasteiger partial charge in [-0.3, -0.25) is 14.5 Å². The van der Waals surface area contributed by atoms with E-state index in [1.807, 2.05) is 0 Å². The minimum absolute atomic E-state index is 0.0536. The number of rotatable bonds is 2. The van der Waals surface area contributed by atoms with Crippen LogP contribution in [0.25, 0.3) is 0 Å². The van der Waals surface area contributed by atoms with Crippen LogP contribution in [0, 0.1) is 11.8 Å². The van der Waals surface area contributed by atoms with E-state index in [-0.39, 0.29) is 11.8 Å². The maximum absolute atomic E-state index is 12.0. The molecule has 1 fully saturated rings. The third-order valence-electron chi connectivity index (χ3n) is 3.80. The highest BCUT2D eigenvalue weighted by Crippen LogP contribution is 2.52. The second kappa shape index (κ2) is 2.81. The Balaban J connectivity index is 2.01. The molecule has 0 radical (unpaired) electrons. The smallest absolute Gasteiger partial charge is 0.257 e. The number of hydrogen-bond acceptors (Lipinski definition) is 2. The van der Waals surface area contributed by atoms with Gasteiger partial charge in [-0.2, -0.15) is 0 Å². The minimum Gasteiger partial charge on any atom is -0.271 e. The van der Waals surface area contributed by atoms with E-state index in [4.69, 9.17) is 0 Å². The molecule has 0 N–H and O–H groups in total. The third-order valence-corrected chi connectivity index (χ3v) is 3.80. The van der Waals surface area contributed by atoms with Crippen molar-refractivity contribution in [3.05, 3.63) is 23.8 Å². The van der Waals surface area contributed by atoms with Crippen LogP contribution in [0.1, 0.15) is 19.3 Å². The zero-order valence-electron chi connectivity index (χ0n) is 8.53. The monoisotopic (exact) mass is 203 g/mol. The van der Waals surface area contributed by atoms with E-state index in [9.17, 15) is 9.59 Å². The zero-order valence-corrected chi connectivity index (χ0v) is 8.53. The van der Waals surface area contributed by atoms with Crippen molar-refractivity contribution in [2.24, 2.45) is 11.8 Å².